The lowest BCUT2D eigenvalue weighted by molar-refractivity contribution is 0.187. The number of hydrogen-bond donors (Lipinski definition) is 1. The van der Waals surface area contributed by atoms with Gasteiger partial charge in [0.15, 0.2) is 0 Å². The molecule has 1 aliphatic heterocycles. The Hall–Kier alpha value is -0.860. The molecule has 118 valence electrons. The van der Waals surface area contributed by atoms with E-state index in [9.17, 15) is 0 Å². The van der Waals surface area contributed by atoms with Crippen LogP contribution in [-0.4, -0.2) is 31.1 Å². The Morgan fingerprint density at radius 1 is 1.14 bits per heavy atom. The molecule has 2 rings (SSSR count). The number of likely N-dealkylation sites (tertiary alicyclic amines) is 1. The Labute approximate surface area is 130 Å². The van der Waals surface area contributed by atoms with Crippen molar-refractivity contribution in [3.8, 4) is 0 Å². The van der Waals surface area contributed by atoms with Crippen LogP contribution < -0.4 is 5.32 Å². The van der Waals surface area contributed by atoms with Crippen molar-refractivity contribution in [2.45, 2.75) is 59.0 Å². The fourth-order valence-electron chi connectivity index (χ4n) is 3.73. The van der Waals surface area contributed by atoms with Crippen LogP contribution in [-0.2, 0) is 0 Å². The maximum atomic E-state index is 3.67. The standard InChI is InChI=1S/C19H32N2/c1-14(2)20-13-17-8-6-7-9-21(5)19(17)18-11-15(3)10-16(4)12-18/h10-12,14,17,19-20H,6-9,13H2,1-5H3. The van der Waals surface area contributed by atoms with Gasteiger partial charge in [-0.05, 0) is 51.8 Å². The van der Waals surface area contributed by atoms with E-state index in [1.54, 1.807) is 0 Å². The number of aryl methyl sites for hydroxylation is 2. The fraction of sp³-hybridized carbons (Fsp3) is 0.684. The summed E-state index contributed by atoms with van der Waals surface area (Å²) in [5, 5.41) is 3.67. The Morgan fingerprint density at radius 2 is 1.81 bits per heavy atom. The molecule has 1 saturated heterocycles. The Kier molecular flexibility index (Phi) is 5.83. The number of nitrogens with one attached hydrogen (secondary N) is 1. The SMILES string of the molecule is Cc1cc(C)cc(C2C(CNC(C)C)CCCCN2C)c1. The maximum absolute atomic E-state index is 3.67. The van der Waals surface area contributed by atoms with Crippen LogP contribution in [0, 0.1) is 19.8 Å². The first-order valence-corrected chi connectivity index (χ1v) is 8.49. The van der Waals surface area contributed by atoms with Gasteiger partial charge in [0.05, 0.1) is 0 Å². The molecule has 2 unspecified atom stereocenters. The Morgan fingerprint density at radius 3 is 2.43 bits per heavy atom. The monoisotopic (exact) mass is 288 g/mol. The summed E-state index contributed by atoms with van der Waals surface area (Å²) < 4.78 is 0. The molecule has 1 aromatic rings. The van der Waals surface area contributed by atoms with Crippen LogP contribution in [0.5, 0.6) is 0 Å². The zero-order valence-electron chi connectivity index (χ0n) is 14.4. The van der Waals surface area contributed by atoms with Gasteiger partial charge in [-0.2, -0.15) is 0 Å². The van der Waals surface area contributed by atoms with Crippen molar-refractivity contribution in [1.29, 1.82) is 0 Å². The molecule has 0 aromatic heterocycles. The first kappa shape index (κ1) is 16.5. The van der Waals surface area contributed by atoms with Gasteiger partial charge in [0.2, 0.25) is 0 Å². The lowest BCUT2D eigenvalue weighted by Gasteiger charge is -2.34. The van der Waals surface area contributed by atoms with Crippen LogP contribution in [0.1, 0.15) is 55.8 Å². The van der Waals surface area contributed by atoms with Gasteiger partial charge in [0.25, 0.3) is 0 Å². The van der Waals surface area contributed by atoms with Gasteiger partial charge < -0.3 is 5.32 Å². The van der Waals surface area contributed by atoms with E-state index in [1.165, 1.54) is 42.5 Å². The van der Waals surface area contributed by atoms with Gasteiger partial charge >= 0.3 is 0 Å². The maximum Gasteiger partial charge on any atom is 0.0385 e. The molecule has 21 heavy (non-hydrogen) atoms. The van der Waals surface area contributed by atoms with Crippen molar-refractivity contribution in [2.24, 2.45) is 5.92 Å². The third-order valence-electron chi connectivity index (χ3n) is 4.63. The predicted molar refractivity (Wildman–Crippen MR) is 91.8 cm³/mol. The minimum Gasteiger partial charge on any atom is -0.314 e. The molecule has 0 amide bonds. The Balaban J connectivity index is 2.27. The van der Waals surface area contributed by atoms with Gasteiger partial charge in [-0.25, -0.2) is 0 Å². The molecule has 0 spiro atoms. The van der Waals surface area contributed by atoms with Crippen molar-refractivity contribution >= 4 is 0 Å². The first-order chi connectivity index (χ1) is 9.97. The van der Waals surface area contributed by atoms with E-state index in [1.807, 2.05) is 0 Å². The van der Waals surface area contributed by atoms with Crippen LogP contribution in [0.2, 0.25) is 0 Å². The molecular formula is C19H32N2. The third kappa shape index (κ3) is 4.55. The van der Waals surface area contributed by atoms with Gasteiger partial charge in [0, 0.05) is 18.6 Å². The zero-order valence-corrected chi connectivity index (χ0v) is 14.4. The van der Waals surface area contributed by atoms with Crippen molar-refractivity contribution in [2.75, 3.05) is 20.1 Å². The number of benzene rings is 1. The third-order valence-corrected chi connectivity index (χ3v) is 4.63. The van der Waals surface area contributed by atoms with E-state index in [-0.39, 0.29) is 0 Å². The second-order valence-electron chi connectivity index (χ2n) is 7.17. The molecule has 0 radical (unpaired) electrons. The summed E-state index contributed by atoms with van der Waals surface area (Å²) in [7, 11) is 2.30. The van der Waals surface area contributed by atoms with E-state index < -0.39 is 0 Å². The summed E-state index contributed by atoms with van der Waals surface area (Å²) in [5.74, 6) is 0.709. The van der Waals surface area contributed by atoms with Gasteiger partial charge in [-0.15, -0.1) is 0 Å². The van der Waals surface area contributed by atoms with Crippen molar-refractivity contribution in [3.05, 3.63) is 34.9 Å². The summed E-state index contributed by atoms with van der Waals surface area (Å²) in [4.78, 5) is 2.58. The number of hydrogen-bond acceptors (Lipinski definition) is 2. The highest BCUT2D eigenvalue weighted by Gasteiger charge is 2.29. The molecule has 2 heteroatoms. The van der Waals surface area contributed by atoms with E-state index in [0.717, 1.165) is 6.54 Å². The van der Waals surface area contributed by atoms with Crippen LogP contribution in [0.4, 0.5) is 0 Å². The van der Waals surface area contributed by atoms with E-state index in [2.05, 4.69) is 63.2 Å². The molecule has 2 atom stereocenters. The van der Waals surface area contributed by atoms with E-state index in [0.29, 0.717) is 18.0 Å². The van der Waals surface area contributed by atoms with Gasteiger partial charge in [-0.3, -0.25) is 4.90 Å². The van der Waals surface area contributed by atoms with Crippen LogP contribution in [0.15, 0.2) is 18.2 Å². The highest BCUT2D eigenvalue weighted by Crippen LogP contribution is 2.34. The number of nitrogens with zero attached hydrogens (tertiary/aromatic N) is 1. The molecule has 1 aliphatic rings. The predicted octanol–water partition coefficient (Wildman–Crippen LogP) is 4.07. The first-order valence-electron chi connectivity index (χ1n) is 8.49. The summed E-state index contributed by atoms with van der Waals surface area (Å²) in [6.07, 6.45) is 4.02. The van der Waals surface area contributed by atoms with E-state index in [4.69, 9.17) is 0 Å². The fourth-order valence-corrected chi connectivity index (χ4v) is 3.73. The molecule has 1 aromatic carbocycles. The van der Waals surface area contributed by atoms with Crippen LogP contribution in [0.25, 0.3) is 0 Å². The summed E-state index contributed by atoms with van der Waals surface area (Å²) in [6.45, 7) is 11.3. The molecule has 0 aliphatic carbocycles. The quantitative estimate of drug-likeness (QED) is 0.898. The van der Waals surface area contributed by atoms with Crippen LogP contribution >= 0.6 is 0 Å². The summed E-state index contributed by atoms with van der Waals surface area (Å²) >= 11 is 0. The highest BCUT2D eigenvalue weighted by molar-refractivity contribution is 5.31. The minimum absolute atomic E-state index is 0.553. The number of rotatable bonds is 4. The second kappa shape index (κ2) is 7.42. The normalized spacial score (nSPS) is 24.3. The van der Waals surface area contributed by atoms with Crippen molar-refractivity contribution < 1.29 is 0 Å². The molecule has 1 fully saturated rings. The summed E-state index contributed by atoms with van der Waals surface area (Å²) in [6, 6.07) is 8.18. The molecular weight excluding hydrogens is 256 g/mol. The molecule has 2 nitrogen and oxygen atoms in total. The molecule has 1 N–H and O–H groups in total. The van der Waals surface area contributed by atoms with Crippen molar-refractivity contribution in [3.63, 3.8) is 0 Å². The lowest BCUT2D eigenvalue weighted by atomic mass is 9.87. The van der Waals surface area contributed by atoms with E-state index >= 15 is 0 Å². The molecule has 0 saturated carbocycles. The average Bonchev–Trinajstić information content (AvgIpc) is 2.56. The molecule has 0 bridgehead atoms. The molecule has 1 heterocycles. The minimum atomic E-state index is 0.553. The lowest BCUT2D eigenvalue weighted by Crippen LogP contribution is -2.37. The van der Waals surface area contributed by atoms with Gasteiger partial charge in [0.1, 0.15) is 0 Å². The van der Waals surface area contributed by atoms with Crippen LogP contribution in [0.3, 0.4) is 0 Å². The van der Waals surface area contributed by atoms with Crippen molar-refractivity contribution in [1.82, 2.24) is 10.2 Å². The smallest absolute Gasteiger partial charge is 0.0385 e. The zero-order chi connectivity index (χ0) is 15.4. The second-order valence-corrected chi connectivity index (χ2v) is 7.17. The summed E-state index contributed by atoms with van der Waals surface area (Å²) in [5.41, 5.74) is 4.28. The highest BCUT2D eigenvalue weighted by atomic mass is 15.1. The van der Waals surface area contributed by atoms with Gasteiger partial charge in [-0.1, -0.05) is 49.6 Å². The topological polar surface area (TPSA) is 15.3 Å². The largest absolute Gasteiger partial charge is 0.314 e. The Bertz CT molecular complexity index is 433. The average molecular weight is 288 g/mol.